The fourth-order valence-corrected chi connectivity index (χ4v) is 4.78. The van der Waals surface area contributed by atoms with Gasteiger partial charge in [-0.3, -0.25) is 4.98 Å². The highest BCUT2D eigenvalue weighted by Gasteiger charge is 2.14. The number of nitrogens with zero attached hydrogens (tertiary/aromatic N) is 2. The number of halogens is 1. The second kappa shape index (κ2) is 7.77. The zero-order valence-corrected chi connectivity index (χ0v) is 18.8. The summed E-state index contributed by atoms with van der Waals surface area (Å²) in [6.07, 6.45) is 3.70. The van der Waals surface area contributed by atoms with Crippen LogP contribution in [0.3, 0.4) is 0 Å². The quantitative estimate of drug-likeness (QED) is 0.252. The maximum absolute atomic E-state index is 4.25. The Morgan fingerprint density at radius 3 is 1.97 bits per heavy atom. The molecule has 2 heterocycles. The van der Waals surface area contributed by atoms with E-state index >= 15 is 0 Å². The Balaban J connectivity index is 1.56. The van der Waals surface area contributed by atoms with Crippen molar-refractivity contribution in [2.45, 2.75) is 0 Å². The Labute approximate surface area is 194 Å². The highest BCUT2D eigenvalue weighted by Crippen LogP contribution is 2.36. The molecule has 0 amide bonds. The number of hydrogen-bond donors (Lipinski definition) is 0. The topological polar surface area (TPSA) is 17.8 Å². The van der Waals surface area contributed by atoms with Crippen LogP contribution in [-0.4, -0.2) is 9.55 Å². The Kier molecular flexibility index (Phi) is 4.62. The van der Waals surface area contributed by atoms with Crippen LogP contribution in [0.1, 0.15) is 0 Å². The monoisotopic (exact) mass is 474 g/mol. The van der Waals surface area contributed by atoms with Gasteiger partial charge in [-0.15, -0.1) is 0 Å². The van der Waals surface area contributed by atoms with Crippen molar-refractivity contribution in [3.05, 3.63) is 120 Å². The number of pyridine rings is 1. The van der Waals surface area contributed by atoms with Gasteiger partial charge in [-0.1, -0.05) is 70.5 Å². The van der Waals surface area contributed by atoms with Gasteiger partial charge in [0.1, 0.15) is 0 Å². The summed E-state index contributed by atoms with van der Waals surface area (Å²) in [7, 11) is 0. The molecule has 32 heavy (non-hydrogen) atoms. The van der Waals surface area contributed by atoms with Gasteiger partial charge in [0.15, 0.2) is 0 Å². The molecule has 0 N–H and O–H groups in total. The van der Waals surface area contributed by atoms with Crippen LogP contribution in [0.5, 0.6) is 0 Å². The normalized spacial score (nSPS) is 11.3. The van der Waals surface area contributed by atoms with Crippen molar-refractivity contribution in [3.8, 4) is 27.9 Å². The molecular weight excluding hydrogens is 456 g/mol. The third kappa shape index (κ3) is 3.22. The molecule has 0 saturated heterocycles. The summed E-state index contributed by atoms with van der Waals surface area (Å²) in [6, 6.07) is 36.6. The molecule has 0 radical (unpaired) electrons. The van der Waals surface area contributed by atoms with Crippen LogP contribution in [0.2, 0.25) is 0 Å². The van der Waals surface area contributed by atoms with Crippen molar-refractivity contribution in [2.75, 3.05) is 0 Å². The largest absolute Gasteiger partial charge is 0.309 e. The summed E-state index contributed by atoms with van der Waals surface area (Å²) in [4.78, 5) is 4.25. The summed E-state index contributed by atoms with van der Waals surface area (Å²) >= 11 is 3.67. The molecule has 2 aromatic heterocycles. The Morgan fingerprint density at radius 2 is 1.22 bits per heavy atom. The van der Waals surface area contributed by atoms with Gasteiger partial charge in [-0.25, -0.2) is 0 Å². The van der Waals surface area contributed by atoms with E-state index in [0.29, 0.717) is 0 Å². The van der Waals surface area contributed by atoms with Gasteiger partial charge in [0, 0.05) is 33.3 Å². The SMILES string of the molecule is Brc1ccc2c(c1)c1cc(-c3ccccc3)ccc1n2-c1ccc(-c2cccnc2)cc1. The first-order valence-electron chi connectivity index (χ1n) is 10.6. The predicted molar refractivity (Wildman–Crippen MR) is 137 cm³/mol. The Hall–Kier alpha value is -3.69. The molecule has 0 aliphatic carbocycles. The fraction of sp³-hybridized carbons (Fsp3) is 0. The average molecular weight is 475 g/mol. The van der Waals surface area contributed by atoms with E-state index in [1.807, 2.05) is 12.3 Å². The molecule has 152 valence electrons. The molecule has 0 aliphatic heterocycles. The molecule has 0 unspecified atom stereocenters. The lowest BCUT2D eigenvalue weighted by atomic mass is 10.0. The molecule has 0 saturated carbocycles. The van der Waals surface area contributed by atoms with Crippen LogP contribution in [0.4, 0.5) is 0 Å². The lowest BCUT2D eigenvalue weighted by Crippen LogP contribution is -1.93. The van der Waals surface area contributed by atoms with Gasteiger partial charge in [0.25, 0.3) is 0 Å². The standard InChI is InChI=1S/C29H19BrN2/c30-24-11-15-29-27(18-24)26-17-22(20-5-2-1-3-6-20)10-14-28(26)32(29)25-12-8-21(9-13-25)23-7-4-16-31-19-23/h1-19H. The minimum atomic E-state index is 1.08. The highest BCUT2D eigenvalue weighted by atomic mass is 79.9. The predicted octanol–water partition coefficient (Wildman–Crippen LogP) is 8.28. The first-order valence-corrected chi connectivity index (χ1v) is 11.4. The van der Waals surface area contributed by atoms with E-state index in [9.17, 15) is 0 Å². The van der Waals surface area contributed by atoms with Crippen molar-refractivity contribution in [2.24, 2.45) is 0 Å². The number of hydrogen-bond acceptors (Lipinski definition) is 1. The fourth-order valence-electron chi connectivity index (χ4n) is 4.42. The molecule has 0 atom stereocenters. The molecule has 6 aromatic rings. The third-order valence-electron chi connectivity index (χ3n) is 5.95. The number of fused-ring (bicyclic) bond motifs is 3. The molecule has 6 rings (SSSR count). The van der Waals surface area contributed by atoms with Gasteiger partial charge in [0.05, 0.1) is 11.0 Å². The molecule has 3 heteroatoms. The summed E-state index contributed by atoms with van der Waals surface area (Å²) < 4.78 is 3.43. The van der Waals surface area contributed by atoms with Gasteiger partial charge in [-0.2, -0.15) is 0 Å². The van der Waals surface area contributed by atoms with Crippen LogP contribution >= 0.6 is 15.9 Å². The van der Waals surface area contributed by atoms with E-state index in [1.54, 1.807) is 6.20 Å². The molecule has 2 nitrogen and oxygen atoms in total. The minimum Gasteiger partial charge on any atom is -0.309 e. The van der Waals surface area contributed by atoms with Crippen molar-refractivity contribution >= 4 is 37.7 Å². The van der Waals surface area contributed by atoms with E-state index < -0.39 is 0 Å². The van der Waals surface area contributed by atoms with Gasteiger partial charge >= 0.3 is 0 Å². The van der Waals surface area contributed by atoms with E-state index in [2.05, 4.69) is 123 Å². The minimum absolute atomic E-state index is 1.08. The molecular formula is C29H19BrN2. The zero-order valence-electron chi connectivity index (χ0n) is 17.2. The summed E-state index contributed by atoms with van der Waals surface area (Å²) in [5.41, 5.74) is 8.28. The zero-order chi connectivity index (χ0) is 21.5. The van der Waals surface area contributed by atoms with E-state index in [1.165, 1.54) is 32.9 Å². The van der Waals surface area contributed by atoms with Gasteiger partial charge in [-0.05, 0) is 70.8 Å². The molecule has 0 fully saturated rings. The second-order valence-corrected chi connectivity index (χ2v) is 8.80. The van der Waals surface area contributed by atoms with Crippen molar-refractivity contribution < 1.29 is 0 Å². The second-order valence-electron chi connectivity index (χ2n) is 7.88. The Morgan fingerprint density at radius 1 is 0.562 bits per heavy atom. The van der Waals surface area contributed by atoms with E-state index in [0.717, 1.165) is 21.3 Å². The van der Waals surface area contributed by atoms with Crippen molar-refractivity contribution in [1.29, 1.82) is 0 Å². The lowest BCUT2D eigenvalue weighted by molar-refractivity contribution is 1.18. The maximum Gasteiger partial charge on any atom is 0.0541 e. The van der Waals surface area contributed by atoms with Crippen LogP contribution in [0, 0.1) is 0 Å². The number of benzene rings is 4. The summed E-state index contributed by atoms with van der Waals surface area (Å²) in [6.45, 7) is 0. The first-order chi connectivity index (χ1) is 15.8. The number of rotatable bonds is 3. The van der Waals surface area contributed by atoms with Gasteiger partial charge in [0.2, 0.25) is 0 Å². The highest BCUT2D eigenvalue weighted by molar-refractivity contribution is 9.10. The average Bonchev–Trinajstić information content (AvgIpc) is 3.18. The van der Waals surface area contributed by atoms with Crippen LogP contribution in [0.25, 0.3) is 49.7 Å². The molecule has 0 bridgehead atoms. The van der Waals surface area contributed by atoms with Crippen molar-refractivity contribution in [3.63, 3.8) is 0 Å². The van der Waals surface area contributed by atoms with Gasteiger partial charge < -0.3 is 4.57 Å². The summed E-state index contributed by atoms with van der Waals surface area (Å²) in [5, 5.41) is 2.49. The van der Waals surface area contributed by atoms with Crippen LogP contribution in [-0.2, 0) is 0 Å². The third-order valence-corrected chi connectivity index (χ3v) is 6.45. The van der Waals surface area contributed by atoms with Crippen molar-refractivity contribution in [1.82, 2.24) is 9.55 Å². The first kappa shape index (κ1) is 19.0. The number of aromatic nitrogens is 2. The summed E-state index contributed by atoms with van der Waals surface area (Å²) in [5.74, 6) is 0. The van der Waals surface area contributed by atoms with Crippen LogP contribution < -0.4 is 0 Å². The lowest BCUT2D eigenvalue weighted by Gasteiger charge is -2.10. The van der Waals surface area contributed by atoms with E-state index in [4.69, 9.17) is 0 Å². The van der Waals surface area contributed by atoms with E-state index in [-0.39, 0.29) is 0 Å². The molecule has 0 aliphatic rings. The smallest absolute Gasteiger partial charge is 0.0541 e. The van der Waals surface area contributed by atoms with Crippen LogP contribution in [0.15, 0.2) is 120 Å². The maximum atomic E-state index is 4.25. The Bertz CT molecular complexity index is 1550. The molecule has 0 spiro atoms. The molecule has 4 aromatic carbocycles.